The molecule has 0 aliphatic heterocycles. The highest BCUT2D eigenvalue weighted by atomic mass is 16.1. The molecule has 0 heterocycles. The molecule has 3 aromatic rings. The van der Waals surface area contributed by atoms with E-state index in [2.05, 4.69) is 42.1 Å². The zero-order valence-electron chi connectivity index (χ0n) is 11.8. The van der Waals surface area contributed by atoms with E-state index in [9.17, 15) is 4.79 Å². The number of hydrogen-bond acceptors (Lipinski definition) is 1. The number of rotatable bonds is 2. The molecule has 1 nitrogen and oxygen atoms in total. The van der Waals surface area contributed by atoms with Crippen LogP contribution in [0.2, 0.25) is 0 Å². The topological polar surface area (TPSA) is 17.1 Å². The van der Waals surface area contributed by atoms with Crippen LogP contribution in [0.1, 0.15) is 11.1 Å². The van der Waals surface area contributed by atoms with Crippen molar-refractivity contribution in [3.8, 4) is 22.3 Å². The van der Waals surface area contributed by atoms with Crippen molar-refractivity contribution < 1.29 is 4.79 Å². The second kappa shape index (κ2) is 5.02. The van der Waals surface area contributed by atoms with Crippen LogP contribution in [-0.2, 0) is 4.79 Å². The maximum atomic E-state index is 10.8. The lowest BCUT2D eigenvalue weighted by Crippen LogP contribution is -1.79. The molecule has 0 spiro atoms. The van der Waals surface area contributed by atoms with Crippen molar-refractivity contribution in [2.24, 2.45) is 0 Å². The third-order valence-electron chi connectivity index (χ3n) is 3.99. The molecule has 3 aromatic carbocycles. The molecule has 4 rings (SSSR count). The molecule has 0 amide bonds. The zero-order chi connectivity index (χ0) is 14.9. The lowest BCUT2D eigenvalue weighted by atomic mass is 10.0. The molecule has 0 aromatic heterocycles. The Bertz CT molecular complexity index is 871. The van der Waals surface area contributed by atoms with Gasteiger partial charge in [-0.3, -0.25) is 0 Å². The molecular formula is C21H12O. The zero-order valence-corrected chi connectivity index (χ0v) is 11.8. The van der Waals surface area contributed by atoms with Crippen molar-refractivity contribution in [3.63, 3.8) is 0 Å². The molecule has 1 heteroatoms. The summed E-state index contributed by atoms with van der Waals surface area (Å²) >= 11 is 0. The lowest BCUT2D eigenvalue weighted by molar-refractivity contribution is 0.569. The smallest absolute Gasteiger partial charge is 0.177 e. The van der Waals surface area contributed by atoms with Gasteiger partial charge in [-0.25, -0.2) is 4.79 Å². The van der Waals surface area contributed by atoms with Gasteiger partial charge in [0, 0.05) is 16.7 Å². The Morgan fingerprint density at radius 3 is 1.45 bits per heavy atom. The van der Waals surface area contributed by atoms with Crippen LogP contribution in [-0.4, -0.2) is 5.94 Å². The number of hydrogen-bond donors (Lipinski definition) is 0. The minimum Gasteiger partial charge on any atom is -0.224 e. The molecule has 0 bridgehead atoms. The predicted octanol–water partition coefficient (Wildman–Crippen LogP) is 4.75. The highest BCUT2D eigenvalue weighted by Gasteiger charge is 2.33. The molecular weight excluding hydrogens is 268 g/mol. The summed E-state index contributed by atoms with van der Waals surface area (Å²) in [4.78, 5) is 10.8. The van der Waals surface area contributed by atoms with Crippen LogP contribution < -0.4 is 0 Å². The molecule has 0 N–H and O–H groups in total. The summed E-state index contributed by atoms with van der Waals surface area (Å²) in [5.74, 6) is 1.80. The van der Waals surface area contributed by atoms with E-state index in [4.69, 9.17) is 0 Å². The predicted molar refractivity (Wildman–Crippen MR) is 89.0 cm³/mol. The third-order valence-corrected chi connectivity index (χ3v) is 3.99. The normalized spacial score (nSPS) is 11.4. The number of fused-ring (bicyclic) bond motifs is 1. The monoisotopic (exact) mass is 280 g/mol. The van der Waals surface area contributed by atoms with Crippen LogP contribution in [0, 0.1) is 0 Å². The van der Waals surface area contributed by atoms with Crippen LogP contribution in [0.15, 0.2) is 78.5 Å². The minimum atomic E-state index is 0.887. The molecule has 0 saturated heterocycles. The lowest BCUT2D eigenvalue weighted by Gasteiger charge is -2.03. The molecule has 0 unspecified atom stereocenters. The van der Waals surface area contributed by atoms with Gasteiger partial charge in [-0.15, -0.1) is 0 Å². The number of benzene rings is 3. The first-order valence-corrected chi connectivity index (χ1v) is 7.19. The van der Waals surface area contributed by atoms with Crippen molar-refractivity contribution in [1.82, 2.24) is 0 Å². The Kier molecular flexibility index (Phi) is 2.88. The van der Waals surface area contributed by atoms with E-state index in [-0.39, 0.29) is 0 Å². The molecule has 0 radical (unpaired) electrons. The first-order valence-electron chi connectivity index (χ1n) is 7.19. The van der Waals surface area contributed by atoms with Crippen molar-refractivity contribution in [2.45, 2.75) is 0 Å². The second-order valence-corrected chi connectivity index (χ2v) is 5.24. The highest BCUT2D eigenvalue weighted by Crippen LogP contribution is 2.52. The average molecular weight is 280 g/mol. The van der Waals surface area contributed by atoms with Gasteiger partial charge in [0.2, 0.25) is 0 Å². The molecule has 0 fully saturated rings. The molecule has 1 aliphatic rings. The van der Waals surface area contributed by atoms with Gasteiger partial charge in [0.1, 0.15) is 0 Å². The van der Waals surface area contributed by atoms with E-state index in [0.717, 1.165) is 39.0 Å². The SMILES string of the molecule is O=C=C=C1c2c(-c3ccccc3)ccc(-c3ccccc3)c21. The summed E-state index contributed by atoms with van der Waals surface area (Å²) in [6.07, 6.45) is 0. The maximum absolute atomic E-state index is 10.8. The van der Waals surface area contributed by atoms with Crippen LogP contribution in [0.4, 0.5) is 0 Å². The van der Waals surface area contributed by atoms with Gasteiger partial charge < -0.3 is 0 Å². The standard InChI is InChI=1S/C21H12O/c22-14-13-19-20-17(15-7-3-1-4-8-15)11-12-18(21(19)20)16-9-5-2-6-10-16/h1-12H. The van der Waals surface area contributed by atoms with Gasteiger partial charge in [0.25, 0.3) is 0 Å². The Morgan fingerprint density at radius 1 is 0.591 bits per heavy atom. The molecule has 0 atom stereocenters. The van der Waals surface area contributed by atoms with Crippen LogP contribution >= 0.6 is 0 Å². The van der Waals surface area contributed by atoms with Crippen LogP contribution in [0.3, 0.4) is 0 Å². The molecule has 0 saturated carbocycles. The summed E-state index contributed by atoms with van der Waals surface area (Å²) in [5, 5.41) is 0. The van der Waals surface area contributed by atoms with Crippen LogP contribution in [0.25, 0.3) is 27.8 Å². The van der Waals surface area contributed by atoms with Crippen molar-refractivity contribution >= 4 is 11.5 Å². The van der Waals surface area contributed by atoms with Gasteiger partial charge >= 0.3 is 0 Å². The summed E-state index contributed by atoms with van der Waals surface area (Å²) in [6.45, 7) is 0. The Labute approximate surface area is 128 Å². The van der Waals surface area contributed by atoms with E-state index in [1.807, 2.05) is 36.4 Å². The summed E-state index contributed by atoms with van der Waals surface area (Å²) in [7, 11) is 0. The van der Waals surface area contributed by atoms with E-state index in [1.165, 1.54) is 0 Å². The quantitative estimate of drug-likeness (QED) is 0.382. The summed E-state index contributed by atoms with van der Waals surface area (Å²) < 4.78 is 0. The minimum absolute atomic E-state index is 0.887. The Balaban J connectivity index is 1.95. The van der Waals surface area contributed by atoms with E-state index in [0.29, 0.717) is 0 Å². The Hall–Kier alpha value is -3.11. The largest absolute Gasteiger partial charge is 0.224 e. The van der Waals surface area contributed by atoms with Gasteiger partial charge in [-0.2, -0.15) is 0 Å². The summed E-state index contributed by atoms with van der Waals surface area (Å²) in [5.41, 5.74) is 10.4. The fraction of sp³-hybridized carbons (Fsp3) is 0. The molecule has 22 heavy (non-hydrogen) atoms. The van der Waals surface area contributed by atoms with Crippen molar-refractivity contribution in [1.29, 1.82) is 0 Å². The first kappa shape index (κ1) is 12.6. The fourth-order valence-corrected chi connectivity index (χ4v) is 2.95. The molecule has 1 aliphatic carbocycles. The van der Waals surface area contributed by atoms with Crippen LogP contribution in [0.5, 0.6) is 0 Å². The second-order valence-electron chi connectivity index (χ2n) is 5.24. The molecule has 102 valence electrons. The van der Waals surface area contributed by atoms with E-state index < -0.39 is 0 Å². The Morgan fingerprint density at radius 2 is 1.05 bits per heavy atom. The van der Waals surface area contributed by atoms with Gasteiger partial charge in [-0.05, 0) is 28.0 Å². The van der Waals surface area contributed by atoms with Gasteiger partial charge in [0.05, 0.1) is 0 Å². The van der Waals surface area contributed by atoms with Crippen molar-refractivity contribution in [3.05, 3.63) is 89.7 Å². The van der Waals surface area contributed by atoms with Crippen molar-refractivity contribution in [2.75, 3.05) is 0 Å². The highest BCUT2D eigenvalue weighted by molar-refractivity contribution is 6.12. The maximum Gasteiger partial charge on any atom is 0.177 e. The van der Waals surface area contributed by atoms with Gasteiger partial charge in [0.15, 0.2) is 5.94 Å². The fourth-order valence-electron chi connectivity index (χ4n) is 2.95. The van der Waals surface area contributed by atoms with Gasteiger partial charge in [-0.1, -0.05) is 72.8 Å². The third kappa shape index (κ3) is 1.94. The first-order chi connectivity index (χ1) is 10.9. The average Bonchev–Trinajstić information content (AvgIpc) is 3.30. The summed E-state index contributed by atoms with van der Waals surface area (Å²) in [6, 6.07) is 24.7. The number of carbonyl (C=O) groups excluding carboxylic acids is 1. The van der Waals surface area contributed by atoms with E-state index in [1.54, 1.807) is 5.94 Å². The van der Waals surface area contributed by atoms with E-state index >= 15 is 0 Å².